The quantitative estimate of drug-likeness (QED) is 0.266. The Morgan fingerprint density at radius 3 is 2.25 bits per heavy atom. The van der Waals surface area contributed by atoms with Crippen molar-refractivity contribution in [1.82, 2.24) is 14.9 Å². The second-order valence-electron chi connectivity index (χ2n) is 5.49. The van der Waals surface area contributed by atoms with E-state index in [1.54, 1.807) is 19.2 Å². The summed E-state index contributed by atoms with van der Waals surface area (Å²) < 4.78 is 25.2. The normalized spacial score (nSPS) is 12.0. The minimum atomic E-state index is -3.37. The minimum absolute atomic E-state index is 0. The number of hydrogen-bond donors (Lipinski definition) is 2. The molecule has 0 radical (unpaired) electrons. The molecule has 0 aliphatic rings. The van der Waals surface area contributed by atoms with Crippen LogP contribution in [0.25, 0.3) is 0 Å². The average Bonchev–Trinajstić information content (AvgIpc) is 2.54. The molecule has 0 aromatic heterocycles. The lowest BCUT2D eigenvalue weighted by atomic mass is 10.2. The Labute approximate surface area is 163 Å². The predicted octanol–water partition coefficient (Wildman–Crippen LogP) is 2.41. The lowest BCUT2D eigenvalue weighted by molar-refractivity contribution is 0.520. The van der Waals surface area contributed by atoms with E-state index < -0.39 is 10.0 Å². The molecule has 1 rings (SSSR count). The first-order valence-electron chi connectivity index (χ1n) is 7.87. The van der Waals surface area contributed by atoms with Crippen LogP contribution in [-0.2, 0) is 16.6 Å². The molecular weight excluding hydrogens is 439 g/mol. The van der Waals surface area contributed by atoms with Crippen LogP contribution in [0, 0.1) is 0 Å². The van der Waals surface area contributed by atoms with Gasteiger partial charge < -0.3 is 10.6 Å². The van der Waals surface area contributed by atoms with Crippen molar-refractivity contribution in [3.05, 3.63) is 29.8 Å². The second kappa shape index (κ2) is 11.6. The molecule has 138 valence electrons. The van der Waals surface area contributed by atoms with Gasteiger partial charge in [-0.2, -0.15) is 0 Å². The average molecular weight is 468 g/mol. The molecule has 1 aromatic rings. The molecule has 0 fully saturated rings. The van der Waals surface area contributed by atoms with Crippen LogP contribution in [0.15, 0.2) is 34.2 Å². The number of aliphatic imine (C=N–C) groups is 1. The second-order valence-corrected chi connectivity index (χ2v) is 7.64. The van der Waals surface area contributed by atoms with Crippen molar-refractivity contribution < 1.29 is 8.42 Å². The van der Waals surface area contributed by atoms with Crippen molar-refractivity contribution in [2.24, 2.45) is 4.99 Å². The maximum Gasteiger partial charge on any atom is 0.242 e. The van der Waals surface area contributed by atoms with Crippen LogP contribution in [-0.4, -0.2) is 46.4 Å². The van der Waals surface area contributed by atoms with Crippen LogP contribution in [0.1, 0.15) is 31.7 Å². The van der Waals surface area contributed by atoms with Crippen LogP contribution >= 0.6 is 24.0 Å². The third kappa shape index (κ3) is 7.35. The standard InChI is InChI=1S/C16H28N4O2S.HI/c1-5-6-7-12-18-16(17-2)19-13-14-8-10-15(11-9-14)23(21,22)20(3)4;/h8-11H,5-7,12-13H2,1-4H3,(H2,17,18,19);1H. The smallest absolute Gasteiger partial charge is 0.242 e. The molecule has 0 saturated heterocycles. The number of halogens is 1. The number of unbranched alkanes of at least 4 members (excludes halogenated alkanes) is 2. The van der Waals surface area contributed by atoms with E-state index in [1.807, 2.05) is 12.1 Å². The highest BCUT2D eigenvalue weighted by atomic mass is 127. The van der Waals surface area contributed by atoms with Gasteiger partial charge in [0.1, 0.15) is 0 Å². The maximum atomic E-state index is 12.0. The molecule has 0 amide bonds. The molecule has 0 heterocycles. The summed E-state index contributed by atoms with van der Waals surface area (Å²) in [6.45, 7) is 3.66. The first-order chi connectivity index (χ1) is 10.9. The number of hydrogen-bond acceptors (Lipinski definition) is 3. The Balaban J connectivity index is 0.00000529. The van der Waals surface area contributed by atoms with E-state index in [4.69, 9.17) is 0 Å². The molecule has 6 nitrogen and oxygen atoms in total. The number of nitrogens with one attached hydrogen (secondary N) is 2. The van der Waals surface area contributed by atoms with Gasteiger partial charge in [-0.1, -0.05) is 31.9 Å². The highest BCUT2D eigenvalue weighted by Crippen LogP contribution is 2.13. The first-order valence-corrected chi connectivity index (χ1v) is 9.31. The fraction of sp³-hybridized carbons (Fsp3) is 0.562. The third-order valence-electron chi connectivity index (χ3n) is 3.46. The molecule has 1 aromatic carbocycles. The van der Waals surface area contributed by atoms with Crippen molar-refractivity contribution in [1.29, 1.82) is 0 Å². The Kier molecular flexibility index (Phi) is 11.2. The van der Waals surface area contributed by atoms with E-state index in [1.165, 1.54) is 31.2 Å². The third-order valence-corrected chi connectivity index (χ3v) is 5.29. The van der Waals surface area contributed by atoms with Gasteiger partial charge in [0.25, 0.3) is 0 Å². The van der Waals surface area contributed by atoms with Crippen molar-refractivity contribution in [3.8, 4) is 0 Å². The van der Waals surface area contributed by atoms with E-state index in [9.17, 15) is 8.42 Å². The molecule has 24 heavy (non-hydrogen) atoms. The number of nitrogens with zero attached hydrogens (tertiary/aromatic N) is 2. The summed E-state index contributed by atoms with van der Waals surface area (Å²) in [4.78, 5) is 4.47. The number of benzene rings is 1. The van der Waals surface area contributed by atoms with Crippen LogP contribution < -0.4 is 10.6 Å². The van der Waals surface area contributed by atoms with Crippen molar-refractivity contribution >= 4 is 40.0 Å². The van der Waals surface area contributed by atoms with E-state index >= 15 is 0 Å². The summed E-state index contributed by atoms with van der Waals surface area (Å²) in [5, 5.41) is 6.48. The summed E-state index contributed by atoms with van der Waals surface area (Å²) in [6.07, 6.45) is 3.51. The predicted molar refractivity (Wildman–Crippen MR) is 110 cm³/mol. The molecule has 0 atom stereocenters. The molecular formula is C16H29IN4O2S. The lowest BCUT2D eigenvalue weighted by Gasteiger charge is -2.13. The zero-order valence-corrected chi connectivity index (χ0v) is 18.0. The van der Waals surface area contributed by atoms with Crippen LogP contribution in [0.5, 0.6) is 0 Å². The fourth-order valence-electron chi connectivity index (χ4n) is 1.98. The fourth-order valence-corrected chi connectivity index (χ4v) is 2.88. The SMILES string of the molecule is CCCCCNC(=NC)NCc1ccc(S(=O)(=O)N(C)C)cc1.I. The van der Waals surface area contributed by atoms with Gasteiger partial charge in [0, 0.05) is 34.2 Å². The van der Waals surface area contributed by atoms with Gasteiger partial charge in [-0.3, -0.25) is 4.99 Å². The van der Waals surface area contributed by atoms with Gasteiger partial charge in [-0.25, -0.2) is 12.7 Å². The van der Waals surface area contributed by atoms with Gasteiger partial charge >= 0.3 is 0 Å². The summed E-state index contributed by atoms with van der Waals surface area (Å²) in [6, 6.07) is 6.88. The molecule has 0 aliphatic heterocycles. The van der Waals surface area contributed by atoms with Crippen LogP contribution in [0.4, 0.5) is 0 Å². The van der Waals surface area contributed by atoms with Crippen molar-refractivity contribution in [2.75, 3.05) is 27.7 Å². The van der Waals surface area contributed by atoms with Gasteiger partial charge in [-0.15, -0.1) is 24.0 Å². The maximum absolute atomic E-state index is 12.0. The molecule has 0 bridgehead atoms. The topological polar surface area (TPSA) is 73.8 Å². The molecule has 0 saturated carbocycles. The molecule has 2 N–H and O–H groups in total. The van der Waals surface area contributed by atoms with E-state index in [-0.39, 0.29) is 24.0 Å². The van der Waals surface area contributed by atoms with Crippen LogP contribution in [0.3, 0.4) is 0 Å². The largest absolute Gasteiger partial charge is 0.356 e. The van der Waals surface area contributed by atoms with Gasteiger partial charge in [0.05, 0.1) is 4.90 Å². The lowest BCUT2D eigenvalue weighted by Crippen LogP contribution is -2.37. The number of sulfonamides is 1. The minimum Gasteiger partial charge on any atom is -0.356 e. The summed E-state index contributed by atoms with van der Waals surface area (Å²) in [5.74, 6) is 0.756. The summed E-state index contributed by atoms with van der Waals surface area (Å²) in [5.41, 5.74) is 0.999. The molecule has 0 unspecified atom stereocenters. The van der Waals surface area contributed by atoms with Gasteiger partial charge in [0.15, 0.2) is 5.96 Å². The molecule has 0 aliphatic carbocycles. The Morgan fingerprint density at radius 2 is 1.75 bits per heavy atom. The molecule has 0 spiro atoms. The van der Waals surface area contributed by atoms with Crippen molar-refractivity contribution in [2.45, 2.75) is 37.6 Å². The Bertz CT molecular complexity index is 601. The van der Waals surface area contributed by atoms with Crippen molar-refractivity contribution in [3.63, 3.8) is 0 Å². The number of rotatable bonds is 8. The van der Waals surface area contributed by atoms with E-state index in [0.29, 0.717) is 11.4 Å². The highest BCUT2D eigenvalue weighted by Gasteiger charge is 2.16. The van der Waals surface area contributed by atoms with E-state index in [2.05, 4.69) is 22.5 Å². The van der Waals surface area contributed by atoms with Crippen LogP contribution in [0.2, 0.25) is 0 Å². The monoisotopic (exact) mass is 468 g/mol. The summed E-state index contributed by atoms with van der Waals surface area (Å²) in [7, 11) is 1.42. The zero-order valence-electron chi connectivity index (χ0n) is 14.9. The van der Waals surface area contributed by atoms with Gasteiger partial charge in [0.2, 0.25) is 10.0 Å². The Hall–Kier alpha value is -0.870. The Morgan fingerprint density at radius 1 is 1.12 bits per heavy atom. The van der Waals surface area contributed by atoms with Gasteiger partial charge in [-0.05, 0) is 24.1 Å². The van der Waals surface area contributed by atoms with E-state index in [0.717, 1.165) is 24.5 Å². The molecule has 8 heteroatoms. The zero-order chi connectivity index (χ0) is 17.3. The summed E-state index contributed by atoms with van der Waals surface area (Å²) >= 11 is 0. The first kappa shape index (κ1) is 23.1. The number of guanidine groups is 1. The highest BCUT2D eigenvalue weighted by molar-refractivity contribution is 14.0.